The molecule has 0 bridgehead atoms. The molecule has 0 unspecified atom stereocenters. The number of methoxy groups -OCH3 is 1. The number of ether oxygens (including phenoxy) is 1. The maximum absolute atomic E-state index is 14.0. The van der Waals surface area contributed by atoms with Gasteiger partial charge in [0.25, 0.3) is 0 Å². The third kappa shape index (κ3) is 2.54. The Morgan fingerprint density at radius 2 is 2.11 bits per heavy atom. The van der Waals surface area contributed by atoms with Crippen molar-refractivity contribution in [3.63, 3.8) is 0 Å². The summed E-state index contributed by atoms with van der Waals surface area (Å²) in [7, 11) is 1.45. The monoisotopic (exact) mass is 249 g/mol. The van der Waals surface area contributed by atoms with Gasteiger partial charge in [0, 0.05) is 0 Å². The van der Waals surface area contributed by atoms with Crippen molar-refractivity contribution in [1.29, 1.82) is 0 Å². The van der Waals surface area contributed by atoms with Gasteiger partial charge in [0.15, 0.2) is 11.6 Å². The minimum Gasteiger partial charge on any atom is -0.494 e. The number of hydrogen-bond acceptors (Lipinski definition) is 3. The number of benzene rings is 1. The summed E-state index contributed by atoms with van der Waals surface area (Å²) >= 11 is 0. The summed E-state index contributed by atoms with van der Waals surface area (Å²) in [5, 5.41) is 3.15. The van der Waals surface area contributed by atoms with Crippen LogP contribution in [-0.4, -0.2) is 13.7 Å². The molecule has 1 N–H and O–H groups in total. The van der Waals surface area contributed by atoms with E-state index in [1.54, 1.807) is 24.3 Å². The van der Waals surface area contributed by atoms with Gasteiger partial charge in [-0.3, -0.25) is 0 Å². The highest BCUT2D eigenvalue weighted by molar-refractivity contribution is 5.61. The van der Waals surface area contributed by atoms with Gasteiger partial charge >= 0.3 is 0 Å². The lowest BCUT2D eigenvalue weighted by atomic mass is 10.1. The van der Waals surface area contributed by atoms with Gasteiger partial charge in [0.1, 0.15) is 11.5 Å². The van der Waals surface area contributed by atoms with Gasteiger partial charge in [-0.15, -0.1) is 0 Å². The van der Waals surface area contributed by atoms with E-state index in [0.29, 0.717) is 17.9 Å². The van der Waals surface area contributed by atoms with Crippen LogP contribution < -0.4 is 10.1 Å². The van der Waals surface area contributed by atoms with E-state index in [0.717, 1.165) is 12.3 Å². The van der Waals surface area contributed by atoms with Crippen LogP contribution in [0.5, 0.6) is 5.75 Å². The minimum atomic E-state index is -0.399. The normalized spacial score (nSPS) is 10.6. The molecule has 0 fully saturated rings. The van der Waals surface area contributed by atoms with Crippen molar-refractivity contribution < 1.29 is 13.5 Å². The molecule has 2 aromatic rings. The van der Waals surface area contributed by atoms with Gasteiger partial charge in [-0.05, 0) is 30.8 Å². The highest BCUT2D eigenvalue weighted by Gasteiger charge is 2.13. The van der Waals surface area contributed by atoms with Crippen LogP contribution in [-0.2, 0) is 6.54 Å². The smallest absolute Gasteiger partial charge is 0.175 e. The highest BCUT2D eigenvalue weighted by atomic mass is 19.1. The van der Waals surface area contributed by atoms with E-state index in [1.165, 1.54) is 7.11 Å². The molecule has 18 heavy (non-hydrogen) atoms. The van der Waals surface area contributed by atoms with Crippen LogP contribution in [0.3, 0.4) is 0 Å². The summed E-state index contributed by atoms with van der Waals surface area (Å²) in [4.78, 5) is 0. The lowest BCUT2D eigenvalue weighted by molar-refractivity contribution is 0.386. The summed E-state index contributed by atoms with van der Waals surface area (Å²) in [5.74, 6) is 1.12. The van der Waals surface area contributed by atoms with E-state index in [9.17, 15) is 4.39 Å². The van der Waals surface area contributed by atoms with Crippen LogP contribution in [0.1, 0.15) is 12.7 Å². The second-order valence-corrected chi connectivity index (χ2v) is 3.87. The SMILES string of the molecule is CCNCc1ccc(-c2cccc(OC)c2F)o1. The average molecular weight is 249 g/mol. The molecule has 3 nitrogen and oxygen atoms in total. The molecule has 0 aliphatic heterocycles. The fourth-order valence-electron chi connectivity index (χ4n) is 1.72. The van der Waals surface area contributed by atoms with Gasteiger partial charge in [-0.25, -0.2) is 4.39 Å². The van der Waals surface area contributed by atoms with Crippen molar-refractivity contribution in [3.8, 4) is 17.1 Å². The molecular formula is C14H16FNO2. The van der Waals surface area contributed by atoms with E-state index in [2.05, 4.69) is 5.32 Å². The Morgan fingerprint density at radius 1 is 1.28 bits per heavy atom. The Labute approximate surface area is 106 Å². The zero-order valence-corrected chi connectivity index (χ0v) is 10.5. The minimum absolute atomic E-state index is 0.220. The Morgan fingerprint density at radius 3 is 2.83 bits per heavy atom. The number of hydrogen-bond donors (Lipinski definition) is 1. The first kappa shape index (κ1) is 12.6. The predicted molar refractivity (Wildman–Crippen MR) is 68.0 cm³/mol. The standard InChI is InChI=1S/C14H16FNO2/c1-3-16-9-10-7-8-12(18-10)11-5-4-6-13(17-2)14(11)15/h4-8,16H,3,9H2,1-2H3. The zero-order valence-electron chi connectivity index (χ0n) is 10.5. The number of nitrogens with one attached hydrogen (secondary N) is 1. The van der Waals surface area contributed by atoms with E-state index in [4.69, 9.17) is 9.15 Å². The van der Waals surface area contributed by atoms with Crippen LogP contribution in [0.4, 0.5) is 4.39 Å². The predicted octanol–water partition coefficient (Wildman–Crippen LogP) is 3.20. The van der Waals surface area contributed by atoms with Gasteiger partial charge in [-0.2, -0.15) is 0 Å². The quantitative estimate of drug-likeness (QED) is 0.883. The summed E-state index contributed by atoms with van der Waals surface area (Å²) < 4.78 is 24.6. The Hall–Kier alpha value is -1.81. The molecule has 0 radical (unpaired) electrons. The number of rotatable bonds is 5. The number of halogens is 1. The van der Waals surface area contributed by atoms with Crippen molar-refractivity contribution in [2.75, 3.05) is 13.7 Å². The lowest BCUT2D eigenvalue weighted by Gasteiger charge is -2.05. The van der Waals surface area contributed by atoms with Gasteiger partial charge in [0.2, 0.25) is 0 Å². The molecule has 2 rings (SSSR count). The summed E-state index contributed by atoms with van der Waals surface area (Å²) in [6.45, 7) is 3.53. The van der Waals surface area contributed by atoms with Gasteiger partial charge in [0.05, 0.1) is 19.2 Å². The Balaban J connectivity index is 2.28. The first-order chi connectivity index (χ1) is 8.76. The second kappa shape index (κ2) is 5.69. The van der Waals surface area contributed by atoms with Crippen molar-refractivity contribution in [1.82, 2.24) is 5.32 Å². The summed E-state index contributed by atoms with van der Waals surface area (Å²) in [5.41, 5.74) is 0.414. The molecule has 0 aliphatic carbocycles. The zero-order chi connectivity index (χ0) is 13.0. The molecule has 0 aliphatic rings. The molecule has 1 aromatic heterocycles. The van der Waals surface area contributed by atoms with Crippen LogP contribution >= 0.6 is 0 Å². The fourth-order valence-corrected chi connectivity index (χ4v) is 1.72. The molecule has 0 spiro atoms. The molecule has 1 heterocycles. The maximum atomic E-state index is 14.0. The highest BCUT2D eigenvalue weighted by Crippen LogP contribution is 2.30. The van der Waals surface area contributed by atoms with E-state index in [1.807, 2.05) is 13.0 Å². The molecule has 4 heteroatoms. The van der Waals surface area contributed by atoms with E-state index >= 15 is 0 Å². The first-order valence-corrected chi connectivity index (χ1v) is 5.88. The molecule has 0 amide bonds. The molecule has 1 aromatic carbocycles. The lowest BCUT2D eigenvalue weighted by Crippen LogP contribution is -2.10. The van der Waals surface area contributed by atoms with E-state index in [-0.39, 0.29) is 5.75 Å². The molecule has 0 saturated carbocycles. The van der Waals surface area contributed by atoms with Crippen molar-refractivity contribution in [2.45, 2.75) is 13.5 Å². The van der Waals surface area contributed by atoms with Crippen molar-refractivity contribution in [2.24, 2.45) is 0 Å². The van der Waals surface area contributed by atoms with Crippen LogP contribution in [0.2, 0.25) is 0 Å². The largest absolute Gasteiger partial charge is 0.494 e. The summed E-state index contributed by atoms with van der Waals surface area (Å²) in [6.07, 6.45) is 0. The molecule has 96 valence electrons. The third-order valence-electron chi connectivity index (χ3n) is 2.66. The fraction of sp³-hybridized carbons (Fsp3) is 0.286. The molecular weight excluding hydrogens is 233 g/mol. The van der Waals surface area contributed by atoms with Crippen LogP contribution in [0, 0.1) is 5.82 Å². The number of furan rings is 1. The topological polar surface area (TPSA) is 34.4 Å². The van der Waals surface area contributed by atoms with Crippen molar-refractivity contribution >= 4 is 0 Å². The Bertz CT molecular complexity index is 522. The second-order valence-electron chi connectivity index (χ2n) is 3.87. The summed E-state index contributed by atoms with van der Waals surface area (Å²) in [6, 6.07) is 8.61. The van der Waals surface area contributed by atoms with Crippen LogP contribution in [0.25, 0.3) is 11.3 Å². The average Bonchev–Trinajstić information content (AvgIpc) is 2.85. The van der Waals surface area contributed by atoms with Gasteiger partial charge in [-0.1, -0.05) is 13.0 Å². The van der Waals surface area contributed by atoms with Crippen molar-refractivity contribution in [3.05, 3.63) is 41.9 Å². The third-order valence-corrected chi connectivity index (χ3v) is 2.66. The molecule has 0 saturated heterocycles. The Kier molecular flexibility index (Phi) is 3.99. The van der Waals surface area contributed by atoms with Crippen LogP contribution in [0.15, 0.2) is 34.7 Å². The van der Waals surface area contributed by atoms with E-state index < -0.39 is 5.82 Å². The van der Waals surface area contributed by atoms with Gasteiger partial charge < -0.3 is 14.5 Å². The molecule has 0 atom stereocenters. The first-order valence-electron chi connectivity index (χ1n) is 5.88. The maximum Gasteiger partial charge on any atom is 0.175 e.